The van der Waals surface area contributed by atoms with Crippen LogP contribution in [0, 0.1) is 0 Å². The second kappa shape index (κ2) is 36.0. The maximum Gasteiger partial charge on any atom is 1.00 e. The van der Waals surface area contributed by atoms with Crippen LogP contribution in [0.1, 0.15) is 14.3 Å². The molecular weight excluding hydrogens is 358 g/mol. The molecule has 0 aromatic rings. The van der Waals surface area contributed by atoms with Gasteiger partial charge in [-0.2, -0.15) is 0 Å². The molecule has 1 rings (SSSR count). The molecule has 0 spiro atoms. The third-order valence-electron chi connectivity index (χ3n) is 2.15. The van der Waals surface area contributed by atoms with Gasteiger partial charge in [-0.3, -0.25) is 0 Å². The normalized spacial score (nSPS) is 12.0. The van der Waals surface area contributed by atoms with Gasteiger partial charge < -0.3 is 35.3 Å². The predicted molar refractivity (Wildman–Crippen MR) is 78.5 cm³/mol. The van der Waals surface area contributed by atoms with Gasteiger partial charge in [0.05, 0.1) is 39.6 Å². The van der Waals surface area contributed by atoms with Crippen LogP contribution in [0.15, 0.2) is 0 Å². The minimum Gasteiger partial charge on any atom is -1.00 e. The molecule has 132 valence electrons. The summed E-state index contributed by atoms with van der Waals surface area (Å²) < 4.78 is 23.9. The third kappa shape index (κ3) is 40.8. The van der Waals surface area contributed by atoms with Gasteiger partial charge in [0.2, 0.25) is 0 Å². The van der Waals surface area contributed by atoms with Gasteiger partial charge >= 0.3 is 103 Å². The van der Waals surface area contributed by atoms with Crippen LogP contribution in [0.4, 0.5) is 0 Å². The number of aliphatic hydroxyl groups excluding tert-OH is 1. The fourth-order valence-corrected chi connectivity index (χ4v) is 1.12. The molecule has 1 heterocycles. The number of aliphatic hydroxyl groups is 1. The van der Waals surface area contributed by atoms with E-state index < -0.39 is 0 Å². The molecule has 1 aliphatic heterocycles. The van der Waals surface area contributed by atoms with Crippen LogP contribution in [0.25, 0.3) is 0 Å². The second-order valence-corrected chi connectivity index (χ2v) is 3.96. The molecule has 0 amide bonds. The molecule has 1 aliphatic rings. The maximum atomic E-state index is 9.73. The van der Waals surface area contributed by atoms with Gasteiger partial charge in [-0.05, 0) is 12.8 Å². The van der Waals surface area contributed by atoms with Gasteiger partial charge in [-0.1, -0.05) is 0 Å². The molecule has 0 saturated carbocycles. The molecular formula is C14H32K2O7. The van der Waals surface area contributed by atoms with E-state index >= 15 is 0 Å². The van der Waals surface area contributed by atoms with Crippen molar-refractivity contribution in [3.8, 4) is 0 Å². The predicted octanol–water partition coefficient (Wildman–Crippen LogP) is -6.43. The summed E-state index contributed by atoms with van der Waals surface area (Å²) in [6.07, 6.45) is 2.56. The van der Waals surface area contributed by atoms with Crippen molar-refractivity contribution in [1.82, 2.24) is 0 Å². The Morgan fingerprint density at radius 3 is 1.65 bits per heavy atom. The molecule has 0 aromatic carbocycles. The Kier molecular flexibility index (Phi) is 52.5. The molecule has 1 saturated heterocycles. The molecule has 9 heteroatoms. The first-order chi connectivity index (χ1) is 10.3. The third-order valence-corrected chi connectivity index (χ3v) is 2.15. The number of methoxy groups -OCH3 is 2. The summed E-state index contributed by atoms with van der Waals surface area (Å²) in [5.41, 5.74) is 0. The minimum atomic E-state index is -0.163. The minimum absolute atomic E-state index is 0. The van der Waals surface area contributed by atoms with Crippen molar-refractivity contribution in [2.45, 2.75) is 12.8 Å². The topological polar surface area (TPSA) is 89.4 Å². The monoisotopic (exact) mass is 390 g/mol. The zero-order valence-corrected chi connectivity index (χ0v) is 21.6. The van der Waals surface area contributed by atoms with E-state index in [2.05, 4.69) is 9.47 Å². The molecule has 23 heavy (non-hydrogen) atoms. The maximum absolute atomic E-state index is 9.73. The Labute approximate surface area is 227 Å². The SMILES string of the molecule is C1CCOC1.COCCOCCO.COCCOCC[O-].[H-].[K+].[K+]. The van der Waals surface area contributed by atoms with E-state index in [0.29, 0.717) is 39.6 Å². The Hall–Kier alpha value is 2.99. The van der Waals surface area contributed by atoms with E-state index in [1.165, 1.54) is 12.8 Å². The van der Waals surface area contributed by atoms with Crippen molar-refractivity contribution in [2.75, 3.05) is 80.3 Å². The van der Waals surface area contributed by atoms with Crippen molar-refractivity contribution in [2.24, 2.45) is 0 Å². The van der Waals surface area contributed by atoms with Crippen LogP contribution >= 0.6 is 0 Å². The Bertz CT molecular complexity index is 138. The summed E-state index contributed by atoms with van der Waals surface area (Å²) in [6.45, 7) is 4.88. The summed E-state index contributed by atoms with van der Waals surface area (Å²) in [6, 6.07) is 0. The van der Waals surface area contributed by atoms with E-state index in [-0.39, 0.29) is 117 Å². The van der Waals surface area contributed by atoms with Gasteiger partial charge in [0, 0.05) is 34.0 Å². The van der Waals surface area contributed by atoms with E-state index in [0.717, 1.165) is 13.2 Å². The quantitative estimate of drug-likeness (QED) is 0.293. The fraction of sp³-hybridized carbons (Fsp3) is 1.00. The van der Waals surface area contributed by atoms with Gasteiger partial charge in [0.1, 0.15) is 0 Å². The average Bonchev–Trinajstić information content (AvgIpc) is 3.09. The first kappa shape index (κ1) is 33.6. The van der Waals surface area contributed by atoms with Crippen molar-refractivity contribution in [3.05, 3.63) is 0 Å². The number of hydrogen-bond donors (Lipinski definition) is 1. The fourth-order valence-electron chi connectivity index (χ4n) is 1.12. The summed E-state index contributed by atoms with van der Waals surface area (Å²) in [7, 11) is 3.21. The molecule has 0 bridgehead atoms. The summed E-state index contributed by atoms with van der Waals surface area (Å²) in [4.78, 5) is 0. The Balaban J connectivity index is -0.0000000721. The number of rotatable bonds is 10. The summed E-state index contributed by atoms with van der Waals surface area (Å²) in [5.74, 6) is 0. The van der Waals surface area contributed by atoms with Crippen LogP contribution in [0.2, 0.25) is 0 Å². The first-order valence-corrected chi connectivity index (χ1v) is 7.23. The van der Waals surface area contributed by atoms with Crippen molar-refractivity contribution in [3.63, 3.8) is 0 Å². The van der Waals surface area contributed by atoms with Crippen molar-refractivity contribution >= 4 is 0 Å². The van der Waals surface area contributed by atoms with Crippen LogP contribution in [-0.4, -0.2) is 85.4 Å². The molecule has 1 fully saturated rings. The van der Waals surface area contributed by atoms with Crippen molar-refractivity contribution < 1.29 is 138 Å². The van der Waals surface area contributed by atoms with Crippen molar-refractivity contribution in [1.29, 1.82) is 0 Å². The molecule has 0 aromatic heterocycles. The van der Waals surface area contributed by atoms with Crippen LogP contribution in [0.3, 0.4) is 0 Å². The van der Waals surface area contributed by atoms with Gasteiger partial charge in [0.15, 0.2) is 0 Å². The van der Waals surface area contributed by atoms with E-state index in [4.69, 9.17) is 19.3 Å². The number of hydrogen-bond acceptors (Lipinski definition) is 7. The van der Waals surface area contributed by atoms with Crippen LogP contribution in [-0.2, 0) is 23.7 Å². The van der Waals surface area contributed by atoms with Gasteiger partial charge in [-0.25, -0.2) is 0 Å². The van der Waals surface area contributed by atoms with Crippen LogP contribution in [0.5, 0.6) is 0 Å². The van der Waals surface area contributed by atoms with Crippen LogP contribution < -0.4 is 108 Å². The first-order valence-electron chi connectivity index (χ1n) is 7.23. The number of ether oxygens (including phenoxy) is 5. The zero-order chi connectivity index (χ0) is 16.0. The standard InChI is InChI=1S/C5H12O3.C5H11O3.C4H8O.2K.H/c2*1-7-4-5-8-3-2-6;1-2-4-5-3-1;;;/h6H,2-5H2,1H3;2-5H2,1H3;1-4H2;;;/q;-1;;2*+1;-1. The summed E-state index contributed by atoms with van der Waals surface area (Å²) in [5, 5.41) is 17.9. The van der Waals surface area contributed by atoms with Gasteiger partial charge in [0.25, 0.3) is 0 Å². The van der Waals surface area contributed by atoms with E-state index in [1.807, 2.05) is 0 Å². The molecule has 0 unspecified atom stereocenters. The van der Waals surface area contributed by atoms with E-state index in [1.54, 1.807) is 14.2 Å². The second-order valence-electron chi connectivity index (χ2n) is 3.96. The molecule has 0 atom stereocenters. The average molecular weight is 391 g/mol. The molecule has 7 nitrogen and oxygen atoms in total. The Morgan fingerprint density at radius 1 is 0.870 bits per heavy atom. The zero-order valence-electron chi connectivity index (χ0n) is 16.4. The Morgan fingerprint density at radius 2 is 1.35 bits per heavy atom. The van der Waals surface area contributed by atoms with Gasteiger partial charge in [-0.15, -0.1) is 6.61 Å². The molecule has 0 radical (unpaired) electrons. The molecule has 1 N–H and O–H groups in total. The van der Waals surface area contributed by atoms with E-state index in [9.17, 15) is 5.11 Å². The summed E-state index contributed by atoms with van der Waals surface area (Å²) >= 11 is 0. The largest absolute Gasteiger partial charge is 1.00 e. The smallest absolute Gasteiger partial charge is 1.00 e. The molecule has 0 aliphatic carbocycles.